The van der Waals surface area contributed by atoms with Gasteiger partial charge in [-0.2, -0.15) is 5.26 Å². The summed E-state index contributed by atoms with van der Waals surface area (Å²) in [6.07, 6.45) is 2.40. The predicted octanol–water partition coefficient (Wildman–Crippen LogP) is 2.10. The third-order valence-electron chi connectivity index (χ3n) is 2.97. The van der Waals surface area contributed by atoms with E-state index in [1.807, 2.05) is 6.07 Å². The normalized spacial score (nSPS) is 11.7. The summed E-state index contributed by atoms with van der Waals surface area (Å²) in [6.45, 7) is 3.52. The van der Waals surface area contributed by atoms with Crippen LogP contribution in [-0.4, -0.2) is 40.4 Å². The number of hydrogen-bond acceptors (Lipinski definition) is 7. The first-order chi connectivity index (χ1) is 11.4. The van der Waals surface area contributed by atoms with E-state index >= 15 is 0 Å². The fourth-order valence-corrected chi connectivity index (χ4v) is 2.41. The van der Waals surface area contributed by atoms with Crippen LogP contribution in [-0.2, 0) is 14.3 Å². The van der Waals surface area contributed by atoms with E-state index in [1.165, 1.54) is 18.0 Å². The van der Waals surface area contributed by atoms with Crippen LogP contribution in [0.4, 0.5) is 5.69 Å². The maximum absolute atomic E-state index is 11.9. The van der Waals surface area contributed by atoms with Crippen LogP contribution in [0.1, 0.15) is 38.8 Å². The second-order valence-corrected chi connectivity index (χ2v) is 6.17. The first-order valence-corrected chi connectivity index (χ1v) is 8.72. The molecule has 1 rings (SSSR count). The number of carbonyl (C=O) groups is 2. The lowest BCUT2D eigenvalue weighted by Crippen LogP contribution is -2.28. The number of thioether (sulfide) groups is 1. The molecule has 7 nitrogen and oxygen atoms in total. The Bertz CT molecular complexity index is 628. The topological polar surface area (TPSA) is 112 Å². The van der Waals surface area contributed by atoms with Crippen molar-refractivity contribution < 1.29 is 19.4 Å². The number of carbonyl (C=O) groups excluding carboxylic acids is 2. The van der Waals surface area contributed by atoms with Gasteiger partial charge in [0.2, 0.25) is 0 Å². The smallest absolute Gasteiger partial charge is 0.306 e. The van der Waals surface area contributed by atoms with Crippen LogP contribution in [0.15, 0.2) is 17.2 Å². The molecule has 0 saturated heterocycles. The lowest BCUT2D eigenvalue weighted by Gasteiger charge is -2.12. The highest BCUT2D eigenvalue weighted by atomic mass is 32.2. The second-order valence-electron chi connectivity index (χ2n) is 5.32. The van der Waals surface area contributed by atoms with Gasteiger partial charge in [0.15, 0.2) is 5.69 Å². The van der Waals surface area contributed by atoms with Crippen LogP contribution in [0.2, 0.25) is 0 Å². The Labute approximate surface area is 145 Å². The molecule has 0 fully saturated rings. The summed E-state index contributed by atoms with van der Waals surface area (Å²) in [5, 5.41) is 21.3. The van der Waals surface area contributed by atoms with Crippen molar-refractivity contribution in [2.75, 3.05) is 11.6 Å². The van der Waals surface area contributed by atoms with Crippen molar-refractivity contribution in [3.63, 3.8) is 0 Å². The number of pyridine rings is 1. The van der Waals surface area contributed by atoms with Crippen molar-refractivity contribution in [3.05, 3.63) is 18.0 Å². The van der Waals surface area contributed by atoms with Gasteiger partial charge in [0, 0.05) is 11.3 Å². The standard InChI is InChI=1S/C16H21N3O4S/c1-10(2)23-15(21)6-4-5-13(20)16(22)19-11-7-14(24-3)12(8-17)18-9-11/h7,9-10,13,20H,4-6H2,1-3H3,(H,19,22). The number of nitrogens with one attached hydrogen (secondary N) is 1. The van der Waals surface area contributed by atoms with Gasteiger partial charge in [-0.05, 0) is 39.0 Å². The van der Waals surface area contributed by atoms with Crippen molar-refractivity contribution in [1.29, 1.82) is 5.26 Å². The molecule has 1 amide bonds. The summed E-state index contributed by atoms with van der Waals surface area (Å²) in [5.41, 5.74) is 0.686. The maximum atomic E-state index is 11.9. The van der Waals surface area contributed by atoms with Crippen molar-refractivity contribution in [1.82, 2.24) is 4.98 Å². The quantitative estimate of drug-likeness (QED) is 0.545. The molecular formula is C16H21N3O4S. The zero-order valence-corrected chi connectivity index (χ0v) is 14.7. The Hall–Kier alpha value is -2.11. The molecule has 0 aliphatic rings. The Morgan fingerprint density at radius 3 is 2.79 bits per heavy atom. The molecule has 1 heterocycles. The molecule has 2 N–H and O–H groups in total. The Kier molecular flexibility index (Phi) is 8.22. The number of nitriles is 1. The van der Waals surface area contributed by atoms with Gasteiger partial charge < -0.3 is 15.2 Å². The van der Waals surface area contributed by atoms with E-state index in [4.69, 9.17) is 10.00 Å². The van der Waals surface area contributed by atoms with Gasteiger partial charge in [0.1, 0.15) is 12.2 Å². The van der Waals surface area contributed by atoms with Gasteiger partial charge in [-0.1, -0.05) is 0 Å². The van der Waals surface area contributed by atoms with Gasteiger partial charge in [-0.3, -0.25) is 9.59 Å². The van der Waals surface area contributed by atoms with Crippen molar-refractivity contribution in [3.8, 4) is 6.07 Å². The number of rotatable bonds is 8. The second kappa shape index (κ2) is 9.90. The van der Waals surface area contributed by atoms with Crippen LogP contribution in [0, 0.1) is 11.3 Å². The zero-order valence-electron chi connectivity index (χ0n) is 13.9. The largest absolute Gasteiger partial charge is 0.463 e. The predicted molar refractivity (Wildman–Crippen MR) is 90.4 cm³/mol. The molecule has 0 aliphatic heterocycles. The number of aliphatic hydroxyl groups excluding tert-OH is 1. The molecule has 0 saturated carbocycles. The van der Waals surface area contributed by atoms with Gasteiger partial charge in [-0.25, -0.2) is 4.98 Å². The zero-order chi connectivity index (χ0) is 18.1. The van der Waals surface area contributed by atoms with Gasteiger partial charge in [0.25, 0.3) is 5.91 Å². The molecule has 0 aromatic carbocycles. The highest BCUT2D eigenvalue weighted by Crippen LogP contribution is 2.22. The Balaban J connectivity index is 2.50. The molecule has 0 spiro atoms. The number of hydrogen-bond donors (Lipinski definition) is 2. The molecule has 0 aliphatic carbocycles. The third-order valence-corrected chi connectivity index (χ3v) is 3.73. The molecule has 8 heteroatoms. The molecule has 1 unspecified atom stereocenters. The summed E-state index contributed by atoms with van der Waals surface area (Å²) >= 11 is 1.34. The number of nitrogens with zero attached hydrogens (tertiary/aromatic N) is 2. The summed E-state index contributed by atoms with van der Waals surface area (Å²) < 4.78 is 4.98. The van der Waals surface area contributed by atoms with Gasteiger partial charge in [-0.15, -0.1) is 11.8 Å². The molecular weight excluding hydrogens is 330 g/mol. The molecule has 130 valence electrons. The van der Waals surface area contributed by atoms with Crippen LogP contribution >= 0.6 is 11.8 Å². The van der Waals surface area contributed by atoms with E-state index in [1.54, 1.807) is 26.2 Å². The highest BCUT2D eigenvalue weighted by Gasteiger charge is 2.17. The molecule has 1 atom stereocenters. The first-order valence-electron chi connectivity index (χ1n) is 7.50. The van der Waals surface area contributed by atoms with Gasteiger partial charge in [0.05, 0.1) is 18.0 Å². The van der Waals surface area contributed by atoms with Crippen LogP contribution in [0.5, 0.6) is 0 Å². The average molecular weight is 351 g/mol. The fraction of sp³-hybridized carbons (Fsp3) is 0.500. The summed E-state index contributed by atoms with van der Waals surface area (Å²) in [4.78, 5) is 27.9. The van der Waals surface area contributed by atoms with Crippen LogP contribution < -0.4 is 5.32 Å². The third kappa shape index (κ3) is 6.56. The van der Waals surface area contributed by atoms with E-state index in [9.17, 15) is 14.7 Å². The van der Waals surface area contributed by atoms with Crippen LogP contribution in [0.25, 0.3) is 0 Å². The number of esters is 1. The average Bonchev–Trinajstić information content (AvgIpc) is 2.53. The lowest BCUT2D eigenvalue weighted by molar-refractivity contribution is -0.147. The summed E-state index contributed by atoms with van der Waals surface area (Å²) in [7, 11) is 0. The van der Waals surface area contributed by atoms with E-state index < -0.39 is 12.0 Å². The fourth-order valence-electron chi connectivity index (χ4n) is 1.87. The van der Waals surface area contributed by atoms with Crippen molar-refractivity contribution in [2.45, 2.75) is 50.2 Å². The SMILES string of the molecule is CSc1cc(NC(=O)C(O)CCCC(=O)OC(C)C)cnc1C#N. The van der Waals surface area contributed by atoms with Crippen LogP contribution in [0.3, 0.4) is 0 Å². The number of aliphatic hydroxyl groups is 1. The Morgan fingerprint density at radius 1 is 1.50 bits per heavy atom. The molecule has 24 heavy (non-hydrogen) atoms. The number of anilines is 1. The highest BCUT2D eigenvalue weighted by molar-refractivity contribution is 7.98. The van der Waals surface area contributed by atoms with E-state index in [0.717, 1.165) is 0 Å². The molecule has 1 aromatic rings. The van der Waals surface area contributed by atoms with Gasteiger partial charge >= 0.3 is 5.97 Å². The monoisotopic (exact) mass is 351 g/mol. The Morgan fingerprint density at radius 2 is 2.21 bits per heavy atom. The van der Waals surface area contributed by atoms with Crippen molar-refractivity contribution >= 4 is 29.3 Å². The minimum atomic E-state index is -1.23. The lowest BCUT2D eigenvalue weighted by atomic mass is 10.1. The molecule has 0 radical (unpaired) electrons. The van der Waals surface area contributed by atoms with Crippen molar-refractivity contribution in [2.24, 2.45) is 0 Å². The number of ether oxygens (including phenoxy) is 1. The first kappa shape index (κ1) is 19.9. The number of aromatic nitrogens is 1. The summed E-state index contributed by atoms with van der Waals surface area (Å²) in [5.74, 6) is -0.927. The van der Waals surface area contributed by atoms with E-state index in [0.29, 0.717) is 17.0 Å². The number of amides is 1. The molecule has 0 bridgehead atoms. The van der Waals surface area contributed by atoms with E-state index in [-0.39, 0.29) is 30.6 Å². The van der Waals surface area contributed by atoms with E-state index in [2.05, 4.69) is 10.3 Å². The summed E-state index contributed by atoms with van der Waals surface area (Å²) in [6, 6.07) is 3.59. The maximum Gasteiger partial charge on any atom is 0.306 e. The minimum absolute atomic E-state index is 0.150. The minimum Gasteiger partial charge on any atom is -0.463 e. The molecule has 1 aromatic heterocycles.